The molecule has 0 aliphatic heterocycles. The van der Waals surface area contributed by atoms with Gasteiger partial charge in [-0.25, -0.2) is 9.97 Å². The second kappa shape index (κ2) is 7.22. The zero-order valence-electron chi connectivity index (χ0n) is 11.6. The fourth-order valence-corrected chi connectivity index (χ4v) is 2.25. The van der Waals surface area contributed by atoms with E-state index in [0.29, 0.717) is 5.02 Å². The number of nitrogens with zero attached hydrogens (tertiary/aromatic N) is 2. The molecule has 0 aliphatic rings. The largest absolute Gasteiger partial charge is 0.489 e. The van der Waals surface area contributed by atoms with E-state index in [0.717, 1.165) is 17.9 Å². The Labute approximate surface area is 124 Å². The summed E-state index contributed by atoms with van der Waals surface area (Å²) in [6.07, 6.45) is 5.06. The third kappa shape index (κ3) is 3.92. The highest BCUT2D eigenvalue weighted by Gasteiger charge is 2.20. The number of benzene rings is 1. The molecule has 4 nitrogen and oxygen atoms in total. The normalized spacial score (nSPS) is 13.8. The molecular formula is C15H18ClN3O. The van der Waals surface area contributed by atoms with Gasteiger partial charge >= 0.3 is 0 Å². The van der Waals surface area contributed by atoms with E-state index in [4.69, 9.17) is 16.3 Å². The van der Waals surface area contributed by atoms with Gasteiger partial charge in [0.1, 0.15) is 18.2 Å². The number of halogens is 1. The van der Waals surface area contributed by atoms with Gasteiger partial charge in [0.2, 0.25) is 0 Å². The van der Waals surface area contributed by atoms with Crippen LogP contribution in [0.3, 0.4) is 0 Å². The minimum absolute atomic E-state index is 0.0279. The van der Waals surface area contributed by atoms with E-state index in [1.54, 1.807) is 12.4 Å². The first-order valence-electron chi connectivity index (χ1n) is 6.61. The lowest BCUT2D eigenvalue weighted by Crippen LogP contribution is -2.34. The zero-order valence-corrected chi connectivity index (χ0v) is 12.3. The molecule has 0 aliphatic carbocycles. The van der Waals surface area contributed by atoms with Gasteiger partial charge in [0.05, 0.1) is 6.04 Å². The summed E-state index contributed by atoms with van der Waals surface area (Å²) < 4.78 is 5.96. The molecule has 2 atom stereocenters. The molecule has 0 saturated carbocycles. The van der Waals surface area contributed by atoms with Crippen LogP contribution in [0, 0.1) is 0 Å². The minimum atomic E-state index is -0.0700. The fraction of sp³-hybridized carbons (Fsp3) is 0.333. The monoisotopic (exact) mass is 291 g/mol. The first-order valence-corrected chi connectivity index (χ1v) is 6.99. The van der Waals surface area contributed by atoms with Crippen LogP contribution in [0.4, 0.5) is 0 Å². The van der Waals surface area contributed by atoms with Gasteiger partial charge < -0.3 is 10.1 Å². The van der Waals surface area contributed by atoms with Gasteiger partial charge in [0.25, 0.3) is 0 Å². The quantitative estimate of drug-likeness (QED) is 0.887. The minimum Gasteiger partial charge on any atom is -0.489 e. The standard InChI is InChI=1S/C15H18ClN3O/c1-3-19-15(12-8-17-10-18-9-12)11(2)20-14-6-4-5-13(16)7-14/h4-11,15,19H,3H2,1-2H3. The molecule has 0 fully saturated rings. The lowest BCUT2D eigenvalue weighted by molar-refractivity contribution is 0.171. The van der Waals surface area contributed by atoms with Crippen molar-refractivity contribution in [2.45, 2.75) is 26.0 Å². The highest BCUT2D eigenvalue weighted by molar-refractivity contribution is 6.30. The second-order valence-corrected chi connectivity index (χ2v) is 4.92. The molecule has 1 heterocycles. The van der Waals surface area contributed by atoms with Crippen LogP contribution in [0.5, 0.6) is 5.75 Å². The van der Waals surface area contributed by atoms with Crippen LogP contribution in [-0.4, -0.2) is 22.6 Å². The topological polar surface area (TPSA) is 47.0 Å². The fourth-order valence-electron chi connectivity index (χ4n) is 2.07. The van der Waals surface area contributed by atoms with Crippen molar-refractivity contribution >= 4 is 11.6 Å². The van der Waals surface area contributed by atoms with Crippen LogP contribution in [0.1, 0.15) is 25.5 Å². The van der Waals surface area contributed by atoms with Crippen molar-refractivity contribution in [2.75, 3.05) is 6.54 Å². The van der Waals surface area contributed by atoms with Crippen molar-refractivity contribution in [1.82, 2.24) is 15.3 Å². The molecule has 0 spiro atoms. The van der Waals surface area contributed by atoms with E-state index in [2.05, 4.69) is 22.2 Å². The molecule has 1 N–H and O–H groups in total. The van der Waals surface area contributed by atoms with Gasteiger partial charge in [-0.1, -0.05) is 24.6 Å². The maximum Gasteiger partial charge on any atom is 0.121 e. The molecule has 0 bridgehead atoms. The summed E-state index contributed by atoms with van der Waals surface area (Å²) in [7, 11) is 0. The molecule has 106 valence electrons. The summed E-state index contributed by atoms with van der Waals surface area (Å²) in [5.41, 5.74) is 1.00. The molecule has 20 heavy (non-hydrogen) atoms. The molecule has 2 rings (SSSR count). The lowest BCUT2D eigenvalue weighted by Gasteiger charge is -2.25. The summed E-state index contributed by atoms with van der Waals surface area (Å²) in [4.78, 5) is 8.13. The van der Waals surface area contributed by atoms with E-state index in [1.165, 1.54) is 6.33 Å². The van der Waals surface area contributed by atoms with Gasteiger partial charge in [0.15, 0.2) is 0 Å². The SMILES string of the molecule is CCNC(c1cncnc1)C(C)Oc1cccc(Cl)c1. The molecule has 2 unspecified atom stereocenters. The van der Waals surface area contributed by atoms with Gasteiger partial charge in [-0.05, 0) is 31.7 Å². The van der Waals surface area contributed by atoms with Gasteiger partial charge in [0, 0.05) is 23.0 Å². The smallest absolute Gasteiger partial charge is 0.121 e. The van der Waals surface area contributed by atoms with Crippen molar-refractivity contribution in [2.24, 2.45) is 0 Å². The number of hydrogen-bond donors (Lipinski definition) is 1. The number of aromatic nitrogens is 2. The van der Waals surface area contributed by atoms with E-state index in [9.17, 15) is 0 Å². The molecule has 5 heteroatoms. The predicted octanol–water partition coefficient (Wildman–Crippen LogP) is 3.25. The van der Waals surface area contributed by atoms with Crippen molar-refractivity contribution in [3.8, 4) is 5.75 Å². The Morgan fingerprint density at radius 3 is 2.70 bits per heavy atom. The zero-order chi connectivity index (χ0) is 14.4. The molecule has 2 aromatic rings. The van der Waals surface area contributed by atoms with Crippen LogP contribution >= 0.6 is 11.6 Å². The number of hydrogen-bond acceptors (Lipinski definition) is 4. The number of nitrogens with one attached hydrogen (secondary N) is 1. The van der Waals surface area contributed by atoms with Crippen LogP contribution in [0.15, 0.2) is 43.0 Å². The molecule has 0 saturated heterocycles. The van der Waals surface area contributed by atoms with Crippen LogP contribution in [0.2, 0.25) is 5.02 Å². The number of ether oxygens (including phenoxy) is 1. The lowest BCUT2D eigenvalue weighted by atomic mass is 10.1. The van der Waals surface area contributed by atoms with Gasteiger partial charge in [-0.2, -0.15) is 0 Å². The predicted molar refractivity (Wildman–Crippen MR) is 80.0 cm³/mol. The highest BCUT2D eigenvalue weighted by Crippen LogP contribution is 2.23. The molecule has 1 aromatic carbocycles. The Morgan fingerprint density at radius 1 is 1.30 bits per heavy atom. The van der Waals surface area contributed by atoms with E-state index in [-0.39, 0.29) is 12.1 Å². The van der Waals surface area contributed by atoms with Gasteiger partial charge in [-0.3, -0.25) is 0 Å². The molecular weight excluding hydrogens is 274 g/mol. The second-order valence-electron chi connectivity index (χ2n) is 4.49. The average Bonchev–Trinajstić information content (AvgIpc) is 2.45. The Hall–Kier alpha value is -1.65. The van der Waals surface area contributed by atoms with Crippen molar-refractivity contribution in [1.29, 1.82) is 0 Å². The van der Waals surface area contributed by atoms with Gasteiger partial charge in [-0.15, -0.1) is 0 Å². The molecule has 0 amide bonds. The summed E-state index contributed by atoms with van der Waals surface area (Å²) in [6, 6.07) is 7.43. The van der Waals surface area contributed by atoms with Crippen molar-refractivity contribution in [3.63, 3.8) is 0 Å². The summed E-state index contributed by atoms with van der Waals surface area (Å²) in [5.74, 6) is 0.754. The van der Waals surface area contributed by atoms with E-state index < -0.39 is 0 Å². The molecule has 0 radical (unpaired) electrons. The summed E-state index contributed by atoms with van der Waals surface area (Å²) in [5, 5.41) is 4.06. The third-order valence-electron chi connectivity index (χ3n) is 2.95. The Balaban J connectivity index is 2.13. The third-order valence-corrected chi connectivity index (χ3v) is 3.19. The van der Waals surface area contributed by atoms with E-state index in [1.807, 2.05) is 31.2 Å². The van der Waals surface area contributed by atoms with Crippen LogP contribution in [-0.2, 0) is 0 Å². The average molecular weight is 292 g/mol. The Kier molecular flexibility index (Phi) is 5.32. The Morgan fingerprint density at radius 2 is 2.05 bits per heavy atom. The maximum absolute atomic E-state index is 5.97. The number of rotatable bonds is 6. The highest BCUT2D eigenvalue weighted by atomic mass is 35.5. The molecule has 1 aromatic heterocycles. The van der Waals surface area contributed by atoms with Crippen molar-refractivity contribution < 1.29 is 4.74 Å². The van der Waals surface area contributed by atoms with Crippen molar-refractivity contribution in [3.05, 3.63) is 53.6 Å². The van der Waals surface area contributed by atoms with E-state index >= 15 is 0 Å². The summed E-state index contributed by atoms with van der Waals surface area (Å²) in [6.45, 7) is 4.91. The maximum atomic E-state index is 5.97. The number of likely N-dealkylation sites (N-methyl/N-ethyl adjacent to an activating group) is 1. The van der Waals surface area contributed by atoms with Crippen LogP contribution in [0.25, 0.3) is 0 Å². The first-order chi connectivity index (χ1) is 9.70. The first kappa shape index (κ1) is 14.8. The van der Waals surface area contributed by atoms with Crippen LogP contribution < -0.4 is 10.1 Å². The Bertz CT molecular complexity index is 536. The summed E-state index contributed by atoms with van der Waals surface area (Å²) >= 11 is 5.97.